The van der Waals surface area contributed by atoms with Crippen molar-refractivity contribution in [3.63, 3.8) is 0 Å². The summed E-state index contributed by atoms with van der Waals surface area (Å²) in [5, 5.41) is 7.76. The van der Waals surface area contributed by atoms with Crippen molar-refractivity contribution in [1.29, 1.82) is 0 Å². The summed E-state index contributed by atoms with van der Waals surface area (Å²) in [6.07, 6.45) is 4.43. The predicted octanol–water partition coefficient (Wildman–Crippen LogP) is 4.87. The molecule has 1 heterocycles. The van der Waals surface area contributed by atoms with Crippen molar-refractivity contribution in [1.82, 2.24) is 15.1 Å². The molecule has 0 unspecified atom stereocenters. The number of para-hydroxylation sites is 1. The van der Waals surface area contributed by atoms with Crippen LogP contribution in [0.15, 0.2) is 54.6 Å². The topological polar surface area (TPSA) is 65.4 Å². The van der Waals surface area contributed by atoms with Gasteiger partial charge < -0.3 is 14.8 Å². The number of nitrogens with zero attached hydrogens (tertiary/aromatic N) is 2. The summed E-state index contributed by atoms with van der Waals surface area (Å²) in [5.74, 6) is 1.20. The molecular weight excluding hydrogens is 378 g/mol. The maximum Gasteiger partial charge on any atom is 0.270 e. The van der Waals surface area contributed by atoms with Crippen LogP contribution in [0.2, 0.25) is 0 Å². The third-order valence-corrected chi connectivity index (χ3v) is 4.94. The molecule has 2 aromatic carbocycles. The van der Waals surface area contributed by atoms with Crippen molar-refractivity contribution >= 4 is 5.91 Å². The van der Waals surface area contributed by atoms with E-state index in [1.165, 1.54) is 12.8 Å². The van der Waals surface area contributed by atoms with E-state index in [4.69, 9.17) is 14.6 Å². The Balaban J connectivity index is 1.94. The van der Waals surface area contributed by atoms with Crippen molar-refractivity contribution in [3.8, 4) is 28.4 Å². The average molecular weight is 408 g/mol. The van der Waals surface area contributed by atoms with E-state index in [9.17, 15) is 4.79 Å². The van der Waals surface area contributed by atoms with Gasteiger partial charge in [-0.25, -0.2) is 4.68 Å². The number of amides is 1. The van der Waals surface area contributed by atoms with Gasteiger partial charge in [-0.2, -0.15) is 5.10 Å². The molecule has 3 rings (SSSR count). The number of unbranched alkanes of at least 4 members (excludes halogenated alkanes) is 3. The first-order chi connectivity index (χ1) is 14.7. The zero-order chi connectivity index (χ0) is 21.3. The van der Waals surface area contributed by atoms with Crippen LogP contribution < -0.4 is 14.8 Å². The lowest BCUT2D eigenvalue weighted by Crippen LogP contribution is -2.26. The first kappa shape index (κ1) is 21.4. The van der Waals surface area contributed by atoms with Gasteiger partial charge in [-0.3, -0.25) is 4.79 Å². The second-order valence-corrected chi connectivity index (χ2v) is 7.04. The molecule has 158 valence electrons. The molecule has 3 aromatic rings. The van der Waals surface area contributed by atoms with Gasteiger partial charge in [0.25, 0.3) is 5.91 Å². The lowest BCUT2D eigenvalue weighted by Gasteiger charge is -2.09. The molecule has 0 aliphatic rings. The third kappa shape index (κ3) is 5.00. The predicted molar refractivity (Wildman–Crippen MR) is 119 cm³/mol. The number of benzene rings is 2. The van der Waals surface area contributed by atoms with Crippen LogP contribution in [-0.2, 0) is 0 Å². The van der Waals surface area contributed by atoms with E-state index < -0.39 is 0 Å². The van der Waals surface area contributed by atoms with Gasteiger partial charge in [0.05, 0.1) is 25.6 Å². The molecule has 6 nitrogen and oxygen atoms in total. The van der Waals surface area contributed by atoms with Crippen molar-refractivity contribution in [2.24, 2.45) is 0 Å². The molecule has 0 radical (unpaired) electrons. The van der Waals surface area contributed by atoms with E-state index in [1.54, 1.807) is 25.0 Å². The van der Waals surface area contributed by atoms with Crippen molar-refractivity contribution < 1.29 is 14.3 Å². The van der Waals surface area contributed by atoms with E-state index in [0.29, 0.717) is 29.4 Å². The summed E-state index contributed by atoms with van der Waals surface area (Å²) in [6.45, 7) is 2.83. The van der Waals surface area contributed by atoms with E-state index in [1.807, 2.05) is 48.5 Å². The fraction of sp³-hybridized carbons (Fsp3) is 0.333. The molecule has 6 heteroatoms. The summed E-state index contributed by atoms with van der Waals surface area (Å²) in [7, 11) is 3.22. The number of ether oxygens (including phenoxy) is 2. The smallest absolute Gasteiger partial charge is 0.270 e. The van der Waals surface area contributed by atoms with E-state index in [0.717, 1.165) is 24.1 Å². The number of carbonyl (C=O) groups excluding carboxylic acids is 1. The van der Waals surface area contributed by atoms with Crippen LogP contribution in [0, 0.1) is 0 Å². The Labute approximate surface area is 177 Å². The van der Waals surface area contributed by atoms with Gasteiger partial charge in [-0.1, -0.05) is 44.4 Å². The quantitative estimate of drug-likeness (QED) is 0.487. The Morgan fingerprint density at radius 1 is 1.00 bits per heavy atom. The first-order valence-corrected chi connectivity index (χ1v) is 10.3. The SMILES string of the molecule is CCCCCCNC(=O)c1cc(-c2ccc(OC)cc2OC)nn1-c1ccccc1. The minimum atomic E-state index is -0.137. The minimum Gasteiger partial charge on any atom is -0.497 e. The average Bonchev–Trinajstić information content (AvgIpc) is 3.24. The lowest BCUT2D eigenvalue weighted by molar-refractivity contribution is 0.0945. The van der Waals surface area contributed by atoms with Gasteiger partial charge in [0.2, 0.25) is 0 Å². The number of methoxy groups -OCH3 is 2. The molecule has 0 spiro atoms. The number of nitrogens with one attached hydrogen (secondary N) is 1. The highest BCUT2D eigenvalue weighted by molar-refractivity contribution is 5.94. The minimum absolute atomic E-state index is 0.137. The van der Waals surface area contributed by atoms with Crippen LogP contribution in [0.1, 0.15) is 43.1 Å². The molecule has 0 fully saturated rings. The van der Waals surface area contributed by atoms with Crippen LogP contribution in [0.4, 0.5) is 0 Å². The Morgan fingerprint density at radius 2 is 1.80 bits per heavy atom. The maximum absolute atomic E-state index is 12.9. The third-order valence-electron chi connectivity index (χ3n) is 4.94. The van der Waals surface area contributed by atoms with Crippen molar-refractivity contribution in [2.75, 3.05) is 20.8 Å². The molecule has 1 N–H and O–H groups in total. The van der Waals surface area contributed by atoms with Gasteiger partial charge in [-0.15, -0.1) is 0 Å². The van der Waals surface area contributed by atoms with Crippen LogP contribution in [0.3, 0.4) is 0 Å². The Bertz CT molecular complexity index is 967. The normalized spacial score (nSPS) is 10.6. The van der Waals surface area contributed by atoms with E-state index in [-0.39, 0.29) is 5.91 Å². The standard InChI is InChI=1S/C24H29N3O3/c1-4-5-6-10-15-25-24(28)22-17-21(26-27(22)18-11-8-7-9-12-18)20-14-13-19(29-2)16-23(20)30-3/h7-9,11-14,16-17H,4-6,10,15H2,1-3H3,(H,25,28). The summed E-state index contributed by atoms with van der Waals surface area (Å²) >= 11 is 0. The van der Waals surface area contributed by atoms with Gasteiger partial charge in [0.1, 0.15) is 17.2 Å². The van der Waals surface area contributed by atoms with Crippen LogP contribution in [0.25, 0.3) is 16.9 Å². The molecule has 0 atom stereocenters. The van der Waals surface area contributed by atoms with Crippen LogP contribution in [-0.4, -0.2) is 36.5 Å². The Kier molecular flexibility index (Phi) is 7.49. The monoisotopic (exact) mass is 407 g/mol. The summed E-state index contributed by atoms with van der Waals surface area (Å²) in [4.78, 5) is 12.9. The molecule has 0 aliphatic carbocycles. The second-order valence-electron chi connectivity index (χ2n) is 7.04. The molecule has 1 amide bonds. The molecule has 0 aliphatic heterocycles. The molecule has 0 bridgehead atoms. The number of rotatable bonds is 10. The zero-order valence-electron chi connectivity index (χ0n) is 17.9. The molecule has 30 heavy (non-hydrogen) atoms. The molecular formula is C24H29N3O3. The first-order valence-electron chi connectivity index (χ1n) is 10.3. The number of aromatic nitrogens is 2. The highest BCUT2D eigenvalue weighted by Gasteiger charge is 2.19. The van der Waals surface area contributed by atoms with Crippen molar-refractivity contribution in [3.05, 3.63) is 60.3 Å². The number of hydrogen-bond acceptors (Lipinski definition) is 4. The number of hydrogen-bond donors (Lipinski definition) is 1. The van der Waals surface area contributed by atoms with E-state index >= 15 is 0 Å². The highest BCUT2D eigenvalue weighted by atomic mass is 16.5. The van der Waals surface area contributed by atoms with Crippen molar-refractivity contribution in [2.45, 2.75) is 32.6 Å². The molecule has 0 saturated heterocycles. The molecule has 0 saturated carbocycles. The summed E-state index contributed by atoms with van der Waals surface area (Å²) in [5.41, 5.74) is 2.77. The lowest BCUT2D eigenvalue weighted by atomic mass is 10.1. The maximum atomic E-state index is 12.9. The fourth-order valence-electron chi connectivity index (χ4n) is 3.29. The van der Waals surface area contributed by atoms with Crippen LogP contribution >= 0.6 is 0 Å². The van der Waals surface area contributed by atoms with Gasteiger partial charge >= 0.3 is 0 Å². The summed E-state index contributed by atoms with van der Waals surface area (Å²) in [6, 6.07) is 17.0. The van der Waals surface area contributed by atoms with E-state index in [2.05, 4.69) is 12.2 Å². The fourth-order valence-corrected chi connectivity index (χ4v) is 3.29. The van der Waals surface area contributed by atoms with Gasteiger partial charge in [0.15, 0.2) is 0 Å². The number of carbonyl (C=O) groups is 1. The zero-order valence-corrected chi connectivity index (χ0v) is 17.9. The van der Waals surface area contributed by atoms with Crippen LogP contribution in [0.5, 0.6) is 11.5 Å². The van der Waals surface area contributed by atoms with Gasteiger partial charge in [0, 0.05) is 18.2 Å². The Hall–Kier alpha value is -3.28. The largest absolute Gasteiger partial charge is 0.497 e. The van der Waals surface area contributed by atoms with Gasteiger partial charge in [-0.05, 0) is 36.8 Å². The molecule has 1 aromatic heterocycles. The summed E-state index contributed by atoms with van der Waals surface area (Å²) < 4.78 is 12.5. The second kappa shape index (κ2) is 10.5. The Morgan fingerprint density at radius 3 is 2.50 bits per heavy atom. The highest BCUT2D eigenvalue weighted by Crippen LogP contribution is 2.33.